The summed E-state index contributed by atoms with van der Waals surface area (Å²) in [6.07, 6.45) is 1.90. The monoisotopic (exact) mass is 364 g/mol. The topological polar surface area (TPSA) is 86.0 Å². The van der Waals surface area contributed by atoms with Crippen LogP contribution >= 0.6 is 11.6 Å². The molecule has 138 valence electrons. The molecular weight excluding hydrogens is 336 g/mol. The zero-order valence-corrected chi connectivity index (χ0v) is 16.7. The lowest BCUT2D eigenvalue weighted by Gasteiger charge is -2.44. The van der Waals surface area contributed by atoms with E-state index >= 15 is 0 Å². The van der Waals surface area contributed by atoms with E-state index in [4.69, 9.17) is 27.8 Å². The number of nitrogens with zero attached hydrogens (tertiary/aromatic N) is 2. The van der Waals surface area contributed by atoms with Crippen LogP contribution in [0, 0.1) is 10.8 Å². The highest BCUT2D eigenvalue weighted by molar-refractivity contribution is 6.32. The minimum atomic E-state index is -0.625. The Bertz CT molecular complexity index is 706. The van der Waals surface area contributed by atoms with Gasteiger partial charge in [-0.25, -0.2) is 4.99 Å². The fraction of sp³-hybridized carbons (Fsp3) is 0.579. The Morgan fingerprint density at radius 2 is 1.96 bits per heavy atom. The minimum Gasteiger partial charge on any atom is -0.495 e. The van der Waals surface area contributed by atoms with Crippen molar-refractivity contribution in [1.82, 2.24) is 0 Å². The predicted molar refractivity (Wildman–Crippen MR) is 106 cm³/mol. The Balaban J connectivity index is 2.60. The van der Waals surface area contributed by atoms with Crippen LogP contribution in [0.1, 0.15) is 51.7 Å². The molecular formula is C19H29ClN4O. The van der Waals surface area contributed by atoms with Gasteiger partial charge in [0.15, 0.2) is 6.29 Å². The second kappa shape index (κ2) is 6.96. The third-order valence-corrected chi connectivity index (χ3v) is 5.31. The minimum absolute atomic E-state index is 0.190. The largest absolute Gasteiger partial charge is 0.495 e. The van der Waals surface area contributed by atoms with Crippen LogP contribution in [0.3, 0.4) is 0 Å². The van der Waals surface area contributed by atoms with Crippen LogP contribution in [0.2, 0.25) is 5.02 Å². The molecule has 0 saturated carbocycles. The zero-order chi connectivity index (χ0) is 19.0. The number of halogens is 1. The van der Waals surface area contributed by atoms with Crippen molar-refractivity contribution in [2.75, 3.05) is 7.11 Å². The Morgan fingerprint density at radius 1 is 1.32 bits per heavy atom. The SMILES string of the molecule is COc1cc(C(C)C)c(CC2(C(C)(C)C)C=NC(N)N=C2N)cc1Cl. The third kappa shape index (κ3) is 3.67. The fourth-order valence-electron chi connectivity index (χ4n) is 3.30. The average molecular weight is 365 g/mol. The lowest BCUT2D eigenvalue weighted by atomic mass is 9.62. The molecule has 1 aliphatic heterocycles. The van der Waals surface area contributed by atoms with Crippen molar-refractivity contribution in [2.45, 2.75) is 53.2 Å². The van der Waals surface area contributed by atoms with Crippen LogP contribution in [0.15, 0.2) is 22.1 Å². The van der Waals surface area contributed by atoms with Gasteiger partial charge in [-0.1, -0.05) is 46.2 Å². The van der Waals surface area contributed by atoms with E-state index in [2.05, 4.69) is 44.6 Å². The van der Waals surface area contributed by atoms with Crippen LogP contribution in [0.25, 0.3) is 0 Å². The van der Waals surface area contributed by atoms with E-state index in [1.807, 2.05) is 18.3 Å². The molecule has 25 heavy (non-hydrogen) atoms. The van der Waals surface area contributed by atoms with Crippen molar-refractivity contribution < 1.29 is 4.74 Å². The molecule has 0 radical (unpaired) electrons. The number of hydrogen-bond donors (Lipinski definition) is 2. The lowest BCUT2D eigenvalue weighted by molar-refractivity contribution is 0.247. The number of amidine groups is 1. The summed E-state index contributed by atoms with van der Waals surface area (Å²) in [5.74, 6) is 1.52. The number of benzene rings is 1. The van der Waals surface area contributed by atoms with E-state index in [0.717, 1.165) is 5.56 Å². The summed E-state index contributed by atoms with van der Waals surface area (Å²) >= 11 is 6.40. The van der Waals surface area contributed by atoms with Crippen molar-refractivity contribution in [3.05, 3.63) is 28.3 Å². The fourth-order valence-corrected chi connectivity index (χ4v) is 3.56. The molecule has 0 bridgehead atoms. The molecule has 0 fully saturated rings. The molecule has 2 unspecified atom stereocenters. The summed E-state index contributed by atoms with van der Waals surface area (Å²) < 4.78 is 5.39. The van der Waals surface area contributed by atoms with E-state index in [1.54, 1.807) is 7.11 Å². The molecule has 6 heteroatoms. The molecule has 0 spiro atoms. The Labute approximate surface area is 155 Å². The maximum atomic E-state index is 6.40. The van der Waals surface area contributed by atoms with Gasteiger partial charge in [0.1, 0.15) is 11.6 Å². The predicted octanol–water partition coefficient (Wildman–Crippen LogP) is 3.73. The molecule has 0 saturated heterocycles. The summed E-state index contributed by atoms with van der Waals surface area (Å²) in [6.45, 7) is 10.7. The van der Waals surface area contributed by atoms with Gasteiger partial charge in [-0.15, -0.1) is 0 Å². The first-order chi connectivity index (χ1) is 11.5. The molecule has 0 aliphatic carbocycles. The van der Waals surface area contributed by atoms with Crippen LogP contribution in [-0.2, 0) is 6.42 Å². The van der Waals surface area contributed by atoms with Gasteiger partial charge in [0, 0.05) is 6.21 Å². The molecule has 5 nitrogen and oxygen atoms in total. The molecule has 1 aliphatic rings. The van der Waals surface area contributed by atoms with Gasteiger partial charge < -0.3 is 10.5 Å². The van der Waals surface area contributed by atoms with Crippen molar-refractivity contribution in [2.24, 2.45) is 32.3 Å². The molecule has 2 atom stereocenters. The van der Waals surface area contributed by atoms with Crippen LogP contribution in [0.4, 0.5) is 0 Å². The number of rotatable bonds is 4. The molecule has 4 N–H and O–H groups in total. The van der Waals surface area contributed by atoms with E-state index in [1.165, 1.54) is 5.56 Å². The first-order valence-electron chi connectivity index (χ1n) is 8.52. The number of nitrogens with two attached hydrogens (primary N) is 2. The zero-order valence-electron chi connectivity index (χ0n) is 15.9. The van der Waals surface area contributed by atoms with E-state index < -0.39 is 11.7 Å². The second-order valence-electron chi connectivity index (χ2n) is 7.94. The highest BCUT2D eigenvalue weighted by atomic mass is 35.5. The first-order valence-corrected chi connectivity index (χ1v) is 8.89. The summed E-state index contributed by atoms with van der Waals surface area (Å²) in [6, 6.07) is 3.98. The average Bonchev–Trinajstić information content (AvgIpc) is 2.48. The van der Waals surface area contributed by atoms with Crippen molar-refractivity contribution in [1.29, 1.82) is 0 Å². The molecule has 0 amide bonds. The number of hydrogen-bond acceptors (Lipinski definition) is 5. The van der Waals surface area contributed by atoms with Crippen molar-refractivity contribution in [3.8, 4) is 5.75 Å². The Morgan fingerprint density at radius 3 is 2.44 bits per heavy atom. The van der Waals surface area contributed by atoms with Gasteiger partial charge in [0.2, 0.25) is 0 Å². The van der Waals surface area contributed by atoms with Gasteiger partial charge in [-0.3, -0.25) is 10.7 Å². The summed E-state index contributed by atoms with van der Waals surface area (Å²) in [7, 11) is 1.63. The summed E-state index contributed by atoms with van der Waals surface area (Å²) in [4.78, 5) is 8.70. The standard InChI is InChI=1S/C19H29ClN4O/c1-11(2)13-8-15(25-6)14(20)7-12(13)9-19(18(3,4)5)10-23-17(22)24-16(19)21/h7-8,10-11,17H,9,22H2,1-6H3,(H2,21,24). The maximum absolute atomic E-state index is 6.40. The Hall–Kier alpha value is -1.59. The molecule has 0 aromatic heterocycles. The maximum Gasteiger partial charge on any atom is 0.192 e. The smallest absolute Gasteiger partial charge is 0.192 e. The van der Waals surface area contributed by atoms with E-state index in [0.29, 0.717) is 28.9 Å². The number of ether oxygens (including phenoxy) is 1. The Kier molecular flexibility index (Phi) is 5.50. The third-order valence-electron chi connectivity index (χ3n) is 5.02. The molecule has 1 heterocycles. The molecule has 1 aromatic rings. The highest BCUT2D eigenvalue weighted by Crippen LogP contribution is 2.44. The lowest BCUT2D eigenvalue weighted by Crippen LogP contribution is -2.53. The molecule has 2 rings (SSSR count). The quantitative estimate of drug-likeness (QED) is 0.853. The van der Waals surface area contributed by atoms with Crippen LogP contribution in [0.5, 0.6) is 5.75 Å². The van der Waals surface area contributed by atoms with Gasteiger partial charge in [0.25, 0.3) is 0 Å². The van der Waals surface area contributed by atoms with E-state index in [-0.39, 0.29) is 5.41 Å². The van der Waals surface area contributed by atoms with Crippen molar-refractivity contribution in [3.63, 3.8) is 0 Å². The molecule has 1 aromatic carbocycles. The van der Waals surface area contributed by atoms with E-state index in [9.17, 15) is 0 Å². The van der Waals surface area contributed by atoms with Crippen molar-refractivity contribution >= 4 is 23.7 Å². The second-order valence-corrected chi connectivity index (χ2v) is 8.35. The van der Waals surface area contributed by atoms with Gasteiger partial charge in [-0.2, -0.15) is 0 Å². The van der Waals surface area contributed by atoms with Gasteiger partial charge in [0.05, 0.1) is 17.5 Å². The van der Waals surface area contributed by atoms with Gasteiger partial charge in [-0.05, 0) is 41.0 Å². The first kappa shape index (κ1) is 19.7. The number of aliphatic imine (C=N–C) groups is 2. The van der Waals surface area contributed by atoms with Crippen LogP contribution < -0.4 is 16.2 Å². The summed E-state index contributed by atoms with van der Waals surface area (Å²) in [5.41, 5.74) is 13.8. The van der Waals surface area contributed by atoms with Crippen LogP contribution in [-0.4, -0.2) is 25.4 Å². The normalized spacial score (nSPS) is 23.7. The number of methoxy groups -OCH3 is 1. The summed E-state index contributed by atoms with van der Waals surface area (Å²) in [5, 5.41) is 0.589. The highest BCUT2D eigenvalue weighted by Gasteiger charge is 2.46. The van der Waals surface area contributed by atoms with Gasteiger partial charge >= 0.3 is 0 Å².